The molecule has 2 aromatic carbocycles. The molecule has 29 heavy (non-hydrogen) atoms. The van der Waals surface area contributed by atoms with Gasteiger partial charge in [0.15, 0.2) is 5.13 Å². The van der Waals surface area contributed by atoms with Crippen molar-refractivity contribution < 1.29 is 13.9 Å². The predicted octanol–water partition coefficient (Wildman–Crippen LogP) is 4.36. The Morgan fingerprint density at radius 2 is 1.90 bits per heavy atom. The number of ether oxygens (including phenoxy) is 1. The summed E-state index contributed by atoms with van der Waals surface area (Å²) in [4.78, 5) is 21.3. The predicted molar refractivity (Wildman–Crippen MR) is 116 cm³/mol. The van der Waals surface area contributed by atoms with E-state index in [0.29, 0.717) is 23.8 Å². The Morgan fingerprint density at radius 3 is 2.55 bits per heavy atom. The summed E-state index contributed by atoms with van der Waals surface area (Å²) in [5.41, 5.74) is 1.22. The van der Waals surface area contributed by atoms with E-state index >= 15 is 0 Å². The number of halogens is 1. The van der Waals surface area contributed by atoms with Crippen molar-refractivity contribution in [1.82, 2.24) is 9.88 Å². The lowest BCUT2D eigenvalue weighted by Gasteiger charge is -2.21. The molecule has 0 atom stereocenters. The van der Waals surface area contributed by atoms with E-state index in [1.165, 1.54) is 17.4 Å². The number of para-hydroxylation sites is 1. The van der Waals surface area contributed by atoms with Crippen molar-refractivity contribution in [3.63, 3.8) is 0 Å². The van der Waals surface area contributed by atoms with Gasteiger partial charge in [-0.05, 0) is 63.8 Å². The highest BCUT2D eigenvalue weighted by Crippen LogP contribution is 2.31. The van der Waals surface area contributed by atoms with Gasteiger partial charge in [-0.1, -0.05) is 29.5 Å². The zero-order valence-corrected chi connectivity index (χ0v) is 17.8. The van der Waals surface area contributed by atoms with Gasteiger partial charge >= 0.3 is 0 Å². The first kappa shape index (κ1) is 21.2. The number of hydrogen-bond acceptors (Lipinski definition) is 5. The van der Waals surface area contributed by atoms with Crippen LogP contribution in [0.5, 0.6) is 5.75 Å². The zero-order chi connectivity index (χ0) is 20.8. The highest BCUT2D eigenvalue weighted by molar-refractivity contribution is 7.22. The molecular formula is C22H26FN3O2S. The number of hydrogen-bond donors (Lipinski definition) is 0. The summed E-state index contributed by atoms with van der Waals surface area (Å²) < 4.78 is 20.3. The number of benzene rings is 2. The third-order valence-corrected chi connectivity index (χ3v) is 5.51. The minimum atomic E-state index is -0.364. The van der Waals surface area contributed by atoms with Gasteiger partial charge in [-0.15, -0.1) is 0 Å². The van der Waals surface area contributed by atoms with Crippen molar-refractivity contribution in [2.45, 2.75) is 19.8 Å². The molecule has 0 aliphatic heterocycles. The van der Waals surface area contributed by atoms with Gasteiger partial charge in [-0.3, -0.25) is 9.69 Å². The first-order chi connectivity index (χ1) is 14.0. The van der Waals surface area contributed by atoms with Gasteiger partial charge in [-0.25, -0.2) is 9.37 Å². The SMILES string of the molecule is CCOc1ccc(CC(=O)N(CCCN(C)C)c2nc3c(F)cccc3s2)cc1. The molecule has 0 aliphatic rings. The fourth-order valence-corrected chi connectivity index (χ4v) is 4.05. The number of amides is 1. The molecule has 0 bridgehead atoms. The number of anilines is 1. The van der Waals surface area contributed by atoms with Crippen LogP contribution in [0.15, 0.2) is 42.5 Å². The summed E-state index contributed by atoms with van der Waals surface area (Å²) in [7, 11) is 4.00. The summed E-state index contributed by atoms with van der Waals surface area (Å²) in [6, 6.07) is 12.4. The molecule has 0 saturated heterocycles. The molecule has 5 nitrogen and oxygen atoms in total. The van der Waals surface area contributed by atoms with Crippen LogP contribution in [0.25, 0.3) is 10.2 Å². The fourth-order valence-electron chi connectivity index (χ4n) is 3.03. The molecular weight excluding hydrogens is 389 g/mol. The van der Waals surface area contributed by atoms with Crippen molar-refractivity contribution in [2.24, 2.45) is 0 Å². The maximum absolute atomic E-state index is 14.1. The molecule has 0 N–H and O–H groups in total. The third-order valence-electron chi connectivity index (χ3n) is 4.47. The van der Waals surface area contributed by atoms with Crippen LogP contribution in [0, 0.1) is 5.82 Å². The largest absolute Gasteiger partial charge is 0.494 e. The minimum absolute atomic E-state index is 0.0487. The van der Waals surface area contributed by atoms with Crippen LogP contribution >= 0.6 is 11.3 Å². The van der Waals surface area contributed by atoms with Crippen LogP contribution in [0.1, 0.15) is 18.9 Å². The number of carbonyl (C=O) groups is 1. The van der Waals surface area contributed by atoms with Gasteiger partial charge in [0.05, 0.1) is 17.7 Å². The first-order valence-corrected chi connectivity index (χ1v) is 10.5. The second kappa shape index (κ2) is 9.80. The van der Waals surface area contributed by atoms with Gasteiger partial charge in [0, 0.05) is 6.54 Å². The standard InChI is InChI=1S/C22H26FN3O2S/c1-4-28-17-11-9-16(10-12-17)15-20(27)26(14-6-13-25(2)3)22-24-21-18(23)7-5-8-19(21)29-22/h5,7-12H,4,6,13-15H2,1-3H3. The van der Waals surface area contributed by atoms with E-state index in [0.717, 1.165) is 29.0 Å². The van der Waals surface area contributed by atoms with Crippen LogP contribution in [0.2, 0.25) is 0 Å². The molecule has 0 aliphatic carbocycles. The van der Waals surface area contributed by atoms with E-state index in [9.17, 15) is 9.18 Å². The molecule has 0 unspecified atom stereocenters. The summed E-state index contributed by atoms with van der Waals surface area (Å²) in [6.07, 6.45) is 1.06. The van der Waals surface area contributed by atoms with E-state index < -0.39 is 0 Å². The molecule has 1 heterocycles. The quantitative estimate of drug-likeness (QED) is 0.521. The Kier molecular flexibility index (Phi) is 7.17. The summed E-state index contributed by atoms with van der Waals surface area (Å²) in [5.74, 6) is 0.373. The third kappa shape index (κ3) is 5.52. The molecule has 1 amide bonds. The minimum Gasteiger partial charge on any atom is -0.494 e. The molecule has 7 heteroatoms. The zero-order valence-electron chi connectivity index (χ0n) is 17.0. The fraction of sp³-hybridized carbons (Fsp3) is 0.364. The molecule has 0 radical (unpaired) electrons. The van der Waals surface area contributed by atoms with Gasteiger partial charge in [0.1, 0.15) is 17.1 Å². The maximum atomic E-state index is 14.1. The van der Waals surface area contributed by atoms with Crippen LogP contribution in [-0.2, 0) is 11.2 Å². The van der Waals surface area contributed by atoms with Gasteiger partial charge in [0.25, 0.3) is 0 Å². The number of fused-ring (bicyclic) bond motifs is 1. The van der Waals surface area contributed by atoms with E-state index in [1.54, 1.807) is 11.0 Å². The summed E-state index contributed by atoms with van der Waals surface area (Å²) in [5, 5.41) is 0.541. The van der Waals surface area contributed by atoms with Crippen molar-refractivity contribution in [2.75, 3.05) is 38.7 Å². The lowest BCUT2D eigenvalue weighted by molar-refractivity contribution is -0.118. The molecule has 3 rings (SSSR count). The Labute approximate surface area is 174 Å². The maximum Gasteiger partial charge on any atom is 0.233 e. The van der Waals surface area contributed by atoms with Gasteiger partial charge in [-0.2, -0.15) is 0 Å². The smallest absolute Gasteiger partial charge is 0.233 e. The number of nitrogens with zero attached hydrogens (tertiary/aromatic N) is 3. The Balaban J connectivity index is 1.81. The van der Waals surface area contributed by atoms with Gasteiger partial charge in [0.2, 0.25) is 5.91 Å². The molecule has 3 aromatic rings. The van der Waals surface area contributed by atoms with Gasteiger partial charge < -0.3 is 9.64 Å². The average Bonchev–Trinajstić information content (AvgIpc) is 3.12. The number of thiazole rings is 1. The number of aromatic nitrogens is 1. The van der Waals surface area contributed by atoms with E-state index in [1.807, 2.05) is 51.4 Å². The highest BCUT2D eigenvalue weighted by Gasteiger charge is 2.21. The lowest BCUT2D eigenvalue weighted by atomic mass is 10.1. The van der Waals surface area contributed by atoms with Crippen LogP contribution in [0.4, 0.5) is 9.52 Å². The number of rotatable bonds is 9. The topological polar surface area (TPSA) is 45.7 Å². The van der Waals surface area contributed by atoms with Crippen molar-refractivity contribution in [3.8, 4) is 5.75 Å². The normalized spacial score (nSPS) is 11.2. The van der Waals surface area contributed by atoms with E-state index in [4.69, 9.17) is 4.74 Å². The molecule has 0 spiro atoms. The molecule has 154 valence electrons. The molecule has 1 aromatic heterocycles. The summed E-state index contributed by atoms with van der Waals surface area (Å²) >= 11 is 1.35. The van der Waals surface area contributed by atoms with Crippen LogP contribution in [0.3, 0.4) is 0 Å². The average molecular weight is 416 g/mol. The van der Waals surface area contributed by atoms with Crippen molar-refractivity contribution in [1.29, 1.82) is 0 Å². The Morgan fingerprint density at radius 1 is 1.14 bits per heavy atom. The van der Waals surface area contributed by atoms with Crippen molar-refractivity contribution >= 4 is 32.6 Å². The molecule has 0 fully saturated rings. The first-order valence-electron chi connectivity index (χ1n) is 9.70. The Hall–Kier alpha value is -2.51. The highest BCUT2D eigenvalue weighted by atomic mass is 32.1. The monoisotopic (exact) mass is 415 g/mol. The molecule has 0 saturated carbocycles. The summed E-state index contributed by atoms with van der Waals surface area (Å²) in [6.45, 7) is 3.93. The second-order valence-electron chi connectivity index (χ2n) is 7.04. The van der Waals surface area contributed by atoms with Crippen molar-refractivity contribution in [3.05, 3.63) is 53.8 Å². The Bertz CT molecular complexity index is 956. The number of carbonyl (C=O) groups excluding carboxylic acids is 1. The van der Waals surface area contributed by atoms with Crippen LogP contribution < -0.4 is 9.64 Å². The van der Waals surface area contributed by atoms with E-state index in [-0.39, 0.29) is 18.1 Å². The lowest BCUT2D eigenvalue weighted by Crippen LogP contribution is -2.34. The van der Waals surface area contributed by atoms with E-state index in [2.05, 4.69) is 9.88 Å². The second-order valence-corrected chi connectivity index (χ2v) is 8.05. The van der Waals surface area contributed by atoms with Crippen LogP contribution in [-0.4, -0.2) is 49.6 Å².